The first-order chi connectivity index (χ1) is 11.6. The summed E-state index contributed by atoms with van der Waals surface area (Å²) in [7, 11) is 0. The van der Waals surface area contributed by atoms with Gasteiger partial charge in [-0.15, -0.1) is 24.0 Å². The number of halogens is 1. The molecule has 0 saturated carbocycles. The number of guanidine groups is 1. The largest absolute Gasteiger partial charge is 0.492 e. The van der Waals surface area contributed by atoms with Gasteiger partial charge in [0.15, 0.2) is 5.96 Å². The fraction of sp³-hybridized carbons (Fsp3) is 0.611. The second kappa shape index (κ2) is 12.3. The van der Waals surface area contributed by atoms with Crippen molar-refractivity contribution in [1.29, 1.82) is 0 Å². The summed E-state index contributed by atoms with van der Waals surface area (Å²) >= 11 is 0. The van der Waals surface area contributed by atoms with E-state index in [0.717, 1.165) is 51.6 Å². The van der Waals surface area contributed by atoms with Crippen molar-refractivity contribution in [2.45, 2.75) is 20.3 Å². The van der Waals surface area contributed by atoms with Crippen molar-refractivity contribution in [2.24, 2.45) is 10.7 Å². The Morgan fingerprint density at radius 1 is 1.24 bits per heavy atom. The van der Waals surface area contributed by atoms with E-state index in [1.807, 2.05) is 12.1 Å². The van der Waals surface area contributed by atoms with Crippen LogP contribution in [0.2, 0.25) is 0 Å². The Bertz CT molecular complexity index is 514. The van der Waals surface area contributed by atoms with E-state index in [-0.39, 0.29) is 24.0 Å². The van der Waals surface area contributed by atoms with Crippen molar-refractivity contribution in [3.8, 4) is 5.75 Å². The Balaban J connectivity index is 0.00000312. The summed E-state index contributed by atoms with van der Waals surface area (Å²) in [4.78, 5) is 6.75. The molecule has 0 atom stereocenters. The minimum absolute atomic E-state index is 0. The van der Waals surface area contributed by atoms with Crippen LogP contribution in [-0.4, -0.2) is 63.4 Å². The molecule has 2 rings (SSSR count). The highest BCUT2D eigenvalue weighted by atomic mass is 127. The van der Waals surface area contributed by atoms with Gasteiger partial charge >= 0.3 is 0 Å². The van der Waals surface area contributed by atoms with Crippen LogP contribution in [0.1, 0.15) is 17.5 Å². The zero-order valence-corrected chi connectivity index (χ0v) is 17.6. The van der Waals surface area contributed by atoms with Crippen LogP contribution in [0.15, 0.2) is 23.2 Å². The summed E-state index contributed by atoms with van der Waals surface area (Å²) in [6.45, 7) is 10.9. The van der Waals surface area contributed by atoms with E-state index in [1.54, 1.807) is 0 Å². The number of nitrogens with one attached hydrogen (secondary N) is 1. The maximum atomic E-state index is 5.87. The van der Waals surface area contributed by atoms with Gasteiger partial charge in [0.25, 0.3) is 0 Å². The fourth-order valence-electron chi connectivity index (χ4n) is 2.74. The Hall–Kier alpha value is -1.06. The van der Waals surface area contributed by atoms with Crippen LogP contribution in [0.25, 0.3) is 0 Å². The van der Waals surface area contributed by atoms with Gasteiger partial charge in [0.2, 0.25) is 0 Å². The minimum Gasteiger partial charge on any atom is -0.492 e. The van der Waals surface area contributed by atoms with Gasteiger partial charge < -0.3 is 20.5 Å². The van der Waals surface area contributed by atoms with E-state index < -0.39 is 0 Å². The van der Waals surface area contributed by atoms with Crippen molar-refractivity contribution in [3.63, 3.8) is 0 Å². The predicted molar refractivity (Wildman–Crippen MR) is 113 cm³/mol. The van der Waals surface area contributed by atoms with Crippen LogP contribution in [0.5, 0.6) is 5.75 Å². The molecule has 0 aliphatic carbocycles. The van der Waals surface area contributed by atoms with Crippen molar-refractivity contribution < 1.29 is 9.47 Å². The molecule has 1 aliphatic heterocycles. The highest BCUT2D eigenvalue weighted by molar-refractivity contribution is 14.0. The number of rotatable bonds is 8. The van der Waals surface area contributed by atoms with E-state index in [4.69, 9.17) is 15.2 Å². The van der Waals surface area contributed by atoms with E-state index in [2.05, 4.69) is 35.1 Å². The number of aliphatic imine (C=N–C) groups is 1. The number of hydrogen-bond acceptors (Lipinski definition) is 4. The number of aryl methyl sites for hydroxylation is 2. The predicted octanol–water partition coefficient (Wildman–Crippen LogP) is 1.93. The lowest BCUT2D eigenvalue weighted by Gasteiger charge is -2.26. The maximum absolute atomic E-state index is 5.87. The summed E-state index contributed by atoms with van der Waals surface area (Å²) in [5.41, 5.74) is 8.29. The monoisotopic (exact) mass is 462 g/mol. The molecule has 1 aliphatic rings. The van der Waals surface area contributed by atoms with Gasteiger partial charge in [0, 0.05) is 26.2 Å². The number of hydrogen-bond donors (Lipinski definition) is 2. The van der Waals surface area contributed by atoms with E-state index >= 15 is 0 Å². The smallest absolute Gasteiger partial charge is 0.188 e. The molecule has 1 saturated heterocycles. The van der Waals surface area contributed by atoms with Gasteiger partial charge in [0.1, 0.15) is 12.4 Å². The Labute approximate surface area is 168 Å². The third kappa shape index (κ3) is 9.27. The first-order valence-corrected chi connectivity index (χ1v) is 8.68. The summed E-state index contributed by atoms with van der Waals surface area (Å²) in [6.07, 6.45) is 1.02. The van der Waals surface area contributed by atoms with Gasteiger partial charge in [-0.3, -0.25) is 9.89 Å². The lowest BCUT2D eigenvalue weighted by Crippen LogP contribution is -2.37. The second-order valence-corrected chi connectivity index (χ2v) is 6.17. The molecule has 142 valence electrons. The Morgan fingerprint density at radius 2 is 1.92 bits per heavy atom. The number of nitrogens with two attached hydrogens (primary N) is 1. The van der Waals surface area contributed by atoms with Crippen molar-refractivity contribution in [1.82, 2.24) is 10.2 Å². The van der Waals surface area contributed by atoms with Crippen molar-refractivity contribution in [2.75, 3.05) is 52.5 Å². The summed E-state index contributed by atoms with van der Waals surface area (Å²) < 4.78 is 11.1. The van der Waals surface area contributed by atoms with Gasteiger partial charge in [-0.05, 0) is 43.5 Å². The normalized spacial score (nSPS) is 15.5. The van der Waals surface area contributed by atoms with E-state index in [0.29, 0.717) is 19.1 Å². The van der Waals surface area contributed by atoms with Crippen LogP contribution in [0.3, 0.4) is 0 Å². The molecule has 1 aromatic carbocycles. The Kier molecular flexibility index (Phi) is 10.8. The fourth-order valence-corrected chi connectivity index (χ4v) is 2.74. The molecule has 1 fully saturated rings. The molecule has 0 amide bonds. The van der Waals surface area contributed by atoms with Gasteiger partial charge in [-0.2, -0.15) is 0 Å². The highest BCUT2D eigenvalue weighted by Gasteiger charge is 2.08. The van der Waals surface area contributed by atoms with Crippen molar-refractivity contribution >= 4 is 29.9 Å². The van der Waals surface area contributed by atoms with E-state index in [9.17, 15) is 0 Å². The third-order valence-corrected chi connectivity index (χ3v) is 3.89. The molecule has 3 N–H and O–H groups in total. The molecule has 25 heavy (non-hydrogen) atoms. The number of nitrogens with zero attached hydrogens (tertiary/aromatic N) is 2. The molecule has 0 radical (unpaired) electrons. The summed E-state index contributed by atoms with van der Waals surface area (Å²) in [5.74, 6) is 1.39. The first-order valence-electron chi connectivity index (χ1n) is 8.68. The number of benzene rings is 1. The third-order valence-electron chi connectivity index (χ3n) is 3.89. The SMILES string of the molecule is Cc1cc(C)cc(OCCNC(N)=NCCCN2CCOCC2)c1.I. The average molecular weight is 462 g/mol. The molecule has 0 unspecified atom stereocenters. The molecule has 1 aromatic rings. The number of ether oxygens (including phenoxy) is 2. The lowest BCUT2D eigenvalue weighted by atomic mass is 10.1. The minimum atomic E-state index is 0. The zero-order valence-electron chi connectivity index (χ0n) is 15.3. The molecule has 0 spiro atoms. The van der Waals surface area contributed by atoms with Gasteiger partial charge in [-0.25, -0.2) is 0 Å². The van der Waals surface area contributed by atoms with E-state index in [1.165, 1.54) is 11.1 Å². The standard InChI is InChI=1S/C18H30N4O2.HI/c1-15-12-16(2)14-17(13-15)24-9-5-21-18(19)20-4-3-6-22-7-10-23-11-8-22;/h12-14H,3-11H2,1-2H3,(H3,19,20,21);1H. The summed E-state index contributed by atoms with van der Waals surface area (Å²) in [6, 6.07) is 6.21. The van der Waals surface area contributed by atoms with Crippen LogP contribution in [-0.2, 0) is 4.74 Å². The molecular weight excluding hydrogens is 431 g/mol. The molecule has 0 aromatic heterocycles. The van der Waals surface area contributed by atoms with Crippen LogP contribution in [0.4, 0.5) is 0 Å². The maximum Gasteiger partial charge on any atom is 0.188 e. The second-order valence-electron chi connectivity index (χ2n) is 6.17. The lowest BCUT2D eigenvalue weighted by molar-refractivity contribution is 0.0377. The highest BCUT2D eigenvalue weighted by Crippen LogP contribution is 2.15. The number of morpholine rings is 1. The summed E-state index contributed by atoms with van der Waals surface area (Å²) in [5, 5.41) is 3.09. The van der Waals surface area contributed by atoms with Gasteiger partial charge in [0.05, 0.1) is 19.8 Å². The van der Waals surface area contributed by atoms with Crippen LogP contribution in [0, 0.1) is 13.8 Å². The molecule has 6 nitrogen and oxygen atoms in total. The zero-order chi connectivity index (χ0) is 17.2. The van der Waals surface area contributed by atoms with Crippen molar-refractivity contribution in [3.05, 3.63) is 29.3 Å². The molecule has 0 bridgehead atoms. The first kappa shape index (κ1) is 22.0. The molecule has 1 heterocycles. The average Bonchev–Trinajstić information content (AvgIpc) is 2.56. The molecule has 7 heteroatoms. The quantitative estimate of drug-likeness (QED) is 0.268. The van der Waals surface area contributed by atoms with Crippen LogP contribution >= 0.6 is 24.0 Å². The Morgan fingerprint density at radius 3 is 2.60 bits per heavy atom. The molecular formula is C18H31IN4O2. The van der Waals surface area contributed by atoms with Crippen LogP contribution < -0.4 is 15.8 Å². The topological polar surface area (TPSA) is 72.1 Å². The van der Waals surface area contributed by atoms with Gasteiger partial charge in [-0.1, -0.05) is 6.07 Å².